The van der Waals surface area contributed by atoms with E-state index in [0.717, 1.165) is 38.0 Å². The van der Waals surface area contributed by atoms with Crippen LogP contribution in [0.25, 0.3) is 0 Å². The highest BCUT2D eigenvalue weighted by Gasteiger charge is 2.39. The van der Waals surface area contributed by atoms with Gasteiger partial charge >= 0.3 is 5.97 Å². The Bertz CT molecular complexity index is 370. The molecule has 3 heteroatoms. The molecule has 130 valence electrons. The normalized spacial score (nSPS) is 26.4. The molecule has 0 aromatic heterocycles. The molecule has 1 fully saturated rings. The number of hydrogen-bond acceptors (Lipinski definition) is 3. The maximum absolute atomic E-state index is 12.6. The van der Waals surface area contributed by atoms with Gasteiger partial charge in [-0.05, 0) is 62.8 Å². The van der Waals surface area contributed by atoms with Crippen molar-refractivity contribution in [2.75, 3.05) is 7.05 Å². The Hall–Kier alpha value is -0.570. The van der Waals surface area contributed by atoms with Crippen LogP contribution in [0.3, 0.4) is 0 Å². The summed E-state index contributed by atoms with van der Waals surface area (Å²) in [7, 11) is 1.85. The van der Waals surface area contributed by atoms with Crippen molar-refractivity contribution in [2.24, 2.45) is 16.7 Å². The van der Waals surface area contributed by atoms with Gasteiger partial charge in [-0.25, -0.2) is 0 Å². The lowest BCUT2D eigenvalue weighted by molar-refractivity contribution is -0.160. The first-order valence-corrected chi connectivity index (χ1v) is 8.77. The van der Waals surface area contributed by atoms with Crippen LogP contribution >= 0.6 is 0 Å². The van der Waals surface area contributed by atoms with Gasteiger partial charge in [0.2, 0.25) is 0 Å². The SMILES string of the molecule is CNC(C)(CC(C)(C)C)C(=O)OC1CCC(C(C)(C)C)CC1. The summed E-state index contributed by atoms with van der Waals surface area (Å²) in [5.74, 6) is 0.650. The van der Waals surface area contributed by atoms with Crippen molar-refractivity contribution in [3.05, 3.63) is 0 Å². The second kappa shape index (κ2) is 6.90. The van der Waals surface area contributed by atoms with Crippen LogP contribution in [0, 0.1) is 16.7 Å². The number of esters is 1. The maximum atomic E-state index is 12.6. The van der Waals surface area contributed by atoms with Crippen LogP contribution in [0.15, 0.2) is 0 Å². The van der Waals surface area contributed by atoms with Crippen molar-refractivity contribution in [1.29, 1.82) is 0 Å². The van der Waals surface area contributed by atoms with Crippen molar-refractivity contribution < 1.29 is 9.53 Å². The molecular formula is C19H37NO2. The molecule has 0 amide bonds. The van der Waals surface area contributed by atoms with Gasteiger partial charge in [-0.2, -0.15) is 0 Å². The number of rotatable bonds is 4. The molecule has 22 heavy (non-hydrogen) atoms. The van der Waals surface area contributed by atoms with Crippen LogP contribution in [-0.2, 0) is 9.53 Å². The van der Waals surface area contributed by atoms with E-state index in [0.29, 0.717) is 5.41 Å². The van der Waals surface area contributed by atoms with Crippen molar-refractivity contribution in [2.45, 2.75) is 92.2 Å². The Labute approximate surface area is 137 Å². The molecule has 1 aliphatic rings. The molecule has 1 unspecified atom stereocenters. The molecule has 0 aromatic rings. The average molecular weight is 312 g/mol. The first-order chi connectivity index (χ1) is 9.87. The highest BCUT2D eigenvalue weighted by atomic mass is 16.5. The molecule has 0 spiro atoms. The number of carbonyl (C=O) groups is 1. The fourth-order valence-electron chi connectivity index (χ4n) is 3.65. The summed E-state index contributed by atoms with van der Waals surface area (Å²) in [4.78, 5) is 12.6. The molecule has 0 heterocycles. The van der Waals surface area contributed by atoms with Crippen molar-refractivity contribution >= 4 is 5.97 Å². The topological polar surface area (TPSA) is 38.3 Å². The van der Waals surface area contributed by atoms with Crippen LogP contribution in [0.5, 0.6) is 0 Å². The third-order valence-electron chi connectivity index (χ3n) is 5.06. The minimum atomic E-state index is -0.598. The zero-order chi connectivity index (χ0) is 17.2. The second-order valence-electron chi connectivity index (χ2n) is 9.56. The fraction of sp³-hybridized carbons (Fsp3) is 0.947. The second-order valence-corrected chi connectivity index (χ2v) is 9.56. The number of hydrogen-bond donors (Lipinski definition) is 1. The van der Waals surface area contributed by atoms with E-state index >= 15 is 0 Å². The molecule has 1 N–H and O–H groups in total. The standard InChI is InChI=1S/C19H37NO2/c1-17(2,3)13-19(7,20-8)16(21)22-15-11-9-14(10-12-15)18(4,5)6/h14-15,20H,9-13H2,1-8H3. The van der Waals surface area contributed by atoms with E-state index in [1.54, 1.807) is 0 Å². The van der Waals surface area contributed by atoms with Gasteiger partial charge in [0.1, 0.15) is 11.6 Å². The Morgan fingerprint density at radius 1 is 1.00 bits per heavy atom. The summed E-state index contributed by atoms with van der Waals surface area (Å²) in [6, 6.07) is 0. The van der Waals surface area contributed by atoms with E-state index in [9.17, 15) is 4.79 Å². The largest absolute Gasteiger partial charge is 0.461 e. The molecule has 1 saturated carbocycles. The van der Waals surface area contributed by atoms with E-state index in [-0.39, 0.29) is 17.5 Å². The molecule has 0 aromatic carbocycles. The van der Waals surface area contributed by atoms with Gasteiger partial charge in [-0.3, -0.25) is 4.79 Å². The van der Waals surface area contributed by atoms with Gasteiger partial charge < -0.3 is 10.1 Å². The number of nitrogens with one attached hydrogen (secondary N) is 1. The van der Waals surface area contributed by atoms with Crippen LogP contribution in [0.1, 0.15) is 80.6 Å². The first-order valence-electron chi connectivity index (χ1n) is 8.77. The predicted molar refractivity (Wildman–Crippen MR) is 92.8 cm³/mol. The van der Waals surface area contributed by atoms with Crippen LogP contribution in [0.4, 0.5) is 0 Å². The Balaban J connectivity index is 2.58. The highest BCUT2D eigenvalue weighted by molar-refractivity contribution is 5.80. The summed E-state index contributed by atoms with van der Waals surface area (Å²) in [6.07, 6.45) is 5.20. The van der Waals surface area contributed by atoms with Gasteiger partial charge in [0.05, 0.1) is 0 Å². The molecule has 0 radical (unpaired) electrons. The fourth-order valence-corrected chi connectivity index (χ4v) is 3.65. The molecular weight excluding hydrogens is 274 g/mol. The lowest BCUT2D eigenvalue weighted by Crippen LogP contribution is -2.52. The Morgan fingerprint density at radius 3 is 1.86 bits per heavy atom. The molecule has 1 atom stereocenters. The first kappa shape index (κ1) is 19.5. The van der Waals surface area contributed by atoms with Gasteiger partial charge in [-0.15, -0.1) is 0 Å². The van der Waals surface area contributed by atoms with Crippen LogP contribution in [-0.4, -0.2) is 24.7 Å². The molecule has 0 saturated heterocycles. The minimum absolute atomic E-state index is 0.0840. The van der Waals surface area contributed by atoms with Gasteiger partial charge in [0.15, 0.2) is 0 Å². The summed E-state index contributed by atoms with van der Waals surface area (Å²) >= 11 is 0. The Kier molecular flexibility index (Phi) is 6.11. The number of carbonyl (C=O) groups excluding carboxylic acids is 1. The number of ether oxygens (including phenoxy) is 1. The summed E-state index contributed by atoms with van der Waals surface area (Å²) in [5, 5.41) is 3.18. The smallest absolute Gasteiger partial charge is 0.326 e. The predicted octanol–water partition coefficient (Wildman–Crippen LogP) is 4.55. The van der Waals surface area contributed by atoms with Gasteiger partial charge in [0, 0.05) is 0 Å². The molecule has 0 aliphatic heterocycles. The summed E-state index contributed by atoms with van der Waals surface area (Å²) < 4.78 is 5.85. The van der Waals surface area contributed by atoms with Crippen LogP contribution < -0.4 is 5.32 Å². The highest BCUT2D eigenvalue weighted by Crippen LogP contribution is 2.39. The van der Waals surface area contributed by atoms with Gasteiger partial charge in [-0.1, -0.05) is 41.5 Å². The minimum Gasteiger partial charge on any atom is -0.461 e. The number of likely N-dealkylation sites (N-methyl/N-ethyl adjacent to an activating group) is 1. The van der Waals surface area contributed by atoms with Gasteiger partial charge in [0.25, 0.3) is 0 Å². The van der Waals surface area contributed by atoms with E-state index < -0.39 is 5.54 Å². The quantitative estimate of drug-likeness (QED) is 0.774. The van der Waals surface area contributed by atoms with Crippen molar-refractivity contribution in [1.82, 2.24) is 5.32 Å². The summed E-state index contributed by atoms with van der Waals surface area (Å²) in [5.41, 5.74) is -0.152. The Morgan fingerprint density at radius 2 is 1.50 bits per heavy atom. The average Bonchev–Trinajstić information content (AvgIpc) is 2.36. The lowest BCUT2D eigenvalue weighted by atomic mass is 9.72. The van der Waals surface area contributed by atoms with E-state index in [1.165, 1.54) is 0 Å². The third-order valence-corrected chi connectivity index (χ3v) is 5.06. The molecule has 0 bridgehead atoms. The molecule has 1 aliphatic carbocycles. The molecule has 1 rings (SSSR count). The molecule has 3 nitrogen and oxygen atoms in total. The van der Waals surface area contributed by atoms with Crippen molar-refractivity contribution in [3.63, 3.8) is 0 Å². The van der Waals surface area contributed by atoms with E-state index in [4.69, 9.17) is 4.74 Å². The van der Waals surface area contributed by atoms with Crippen LogP contribution in [0.2, 0.25) is 0 Å². The maximum Gasteiger partial charge on any atom is 0.326 e. The lowest BCUT2D eigenvalue weighted by Gasteiger charge is -2.38. The zero-order valence-electron chi connectivity index (χ0n) is 16.0. The van der Waals surface area contributed by atoms with Crippen molar-refractivity contribution in [3.8, 4) is 0 Å². The third kappa shape index (κ3) is 5.57. The van der Waals surface area contributed by atoms with E-state index in [2.05, 4.69) is 46.9 Å². The van der Waals surface area contributed by atoms with E-state index in [1.807, 2.05) is 14.0 Å². The monoisotopic (exact) mass is 311 g/mol. The zero-order valence-corrected chi connectivity index (χ0v) is 16.0. The summed E-state index contributed by atoms with van der Waals surface area (Å²) in [6.45, 7) is 15.4.